The molecule has 1 saturated heterocycles. The van der Waals surface area contributed by atoms with Crippen molar-refractivity contribution in [3.63, 3.8) is 0 Å². The van der Waals surface area contributed by atoms with Crippen LogP contribution in [0.15, 0.2) is 59.5 Å². The third-order valence-electron chi connectivity index (χ3n) is 5.12. The van der Waals surface area contributed by atoms with Gasteiger partial charge >= 0.3 is 0 Å². The lowest BCUT2D eigenvalue weighted by atomic mass is 10.1. The molecule has 0 aromatic heterocycles. The zero-order chi connectivity index (χ0) is 23.4. The first-order valence-corrected chi connectivity index (χ1v) is 13.3. The summed E-state index contributed by atoms with van der Waals surface area (Å²) in [6, 6.07) is 18.5. The summed E-state index contributed by atoms with van der Waals surface area (Å²) >= 11 is 5.48. The maximum atomic E-state index is 12.7. The van der Waals surface area contributed by atoms with Crippen LogP contribution in [0.25, 0.3) is 16.8 Å². The minimum Gasteiger partial charge on any atom is -0.487 e. The van der Waals surface area contributed by atoms with Gasteiger partial charge in [0.1, 0.15) is 12.4 Å². The second kappa shape index (κ2) is 11.2. The summed E-state index contributed by atoms with van der Waals surface area (Å²) in [5, 5.41) is 2.16. The van der Waals surface area contributed by atoms with Gasteiger partial charge in [0.05, 0.1) is 12.0 Å². The van der Waals surface area contributed by atoms with Gasteiger partial charge in [0.15, 0.2) is 0 Å². The van der Waals surface area contributed by atoms with Crippen LogP contribution < -0.4 is 4.74 Å². The second-order valence-corrected chi connectivity index (χ2v) is 10.8. The summed E-state index contributed by atoms with van der Waals surface area (Å²) in [4.78, 5) is 26.6. The van der Waals surface area contributed by atoms with Gasteiger partial charge in [0.2, 0.25) is 0 Å². The van der Waals surface area contributed by atoms with Gasteiger partial charge in [-0.05, 0) is 110 Å². The molecule has 4 rings (SSSR count). The molecule has 3 aromatic carbocycles. The molecule has 5 nitrogen and oxygen atoms in total. The fourth-order valence-corrected chi connectivity index (χ4v) is 6.49. The van der Waals surface area contributed by atoms with Crippen LogP contribution in [0.1, 0.15) is 17.5 Å². The number of carbonyl (C=O) groups excluding carboxylic acids is 2. The van der Waals surface area contributed by atoms with E-state index in [1.165, 1.54) is 15.7 Å². The predicted octanol–water partition coefficient (Wildman–Crippen LogP) is 6.70. The van der Waals surface area contributed by atoms with Crippen molar-refractivity contribution in [3.8, 4) is 5.75 Å². The predicted molar refractivity (Wildman–Crippen MR) is 149 cm³/mol. The van der Waals surface area contributed by atoms with Crippen LogP contribution in [0.3, 0.4) is 0 Å². The van der Waals surface area contributed by atoms with E-state index in [0.717, 1.165) is 35.8 Å². The van der Waals surface area contributed by atoms with Crippen LogP contribution in [-0.2, 0) is 16.1 Å². The van der Waals surface area contributed by atoms with Crippen LogP contribution in [0.2, 0.25) is 0 Å². The fraction of sp³-hybridized carbons (Fsp3) is 0.200. The number of hydrogen-bond acceptors (Lipinski definition) is 5. The largest absolute Gasteiger partial charge is 0.487 e. The van der Waals surface area contributed by atoms with E-state index in [-0.39, 0.29) is 11.1 Å². The first kappa shape index (κ1) is 24.5. The molecule has 8 heteroatoms. The first-order valence-electron chi connectivity index (χ1n) is 10.3. The van der Waals surface area contributed by atoms with Gasteiger partial charge in [-0.2, -0.15) is 0 Å². The van der Waals surface area contributed by atoms with E-state index < -0.39 is 0 Å². The zero-order valence-corrected chi connectivity index (χ0v) is 23.0. The van der Waals surface area contributed by atoms with E-state index in [0.29, 0.717) is 31.1 Å². The molecule has 1 heterocycles. The van der Waals surface area contributed by atoms with E-state index in [4.69, 9.17) is 9.47 Å². The molecule has 0 unspecified atom stereocenters. The Morgan fingerprint density at radius 3 is 2.45 bits per heavy atom. The number of methoxy groups -OCH3 is 1. The summed E-state index contributed by atoms with van der Waals surface area (Å²) in [5.41, 5.74) is 1.97. The number of ether oxygens (including phenoxy) is 2. The molecule has 3 aromatic rings. The summed E-state index contributed by atoms with van der Waals surface area (Å²) in [5.74, 6) is 0.567. The molecule has 0 saturated carbocycles. The SMILES string of the molecule is COCCCN1C(=O)S/C(=C/c2cc(I)c(OCc3ccc4ccccc4c3)c(I)c2)C1=O. The molecule has 0 bridgehead atoms. The highest BCUT2D eigenvalue weighted by atomic mass is 127. The molecular formula is C25H21I2NO4S. The Labute approximate surface area is 224 Å². The molecule has 0 aliphatic carbocycles. The molecular weight excluding hydrogens is 664 g/mol. The molecule has 0 radical (unpaired) electrons. The van der Waals surface area contributed by atoms with E-state index >= 15 is 0 Å². The maximum absolute atomic E-state index is 12.7. The van der Waals surface area contributed by atoms with Crippen LogP contribution >= 0.6 is 56.9 Å². The lowest BCUT2D eigenvalue weighted by molar-refractivity contribution is -0.122. The van der Waals surface area contributed by atoms with Crippen LogP contribution in [0.5, 0.6) is 5.75 Å². The zero-order valence-electron chi connectivity index (χ0n) is 17.8. The summed E-state index contributed by atoms with van der Waals surface area (Å²) in [6.45, 7) is 1.35. The number of nitrogens with zero attached hydrogens (tertiary/aromatic N) is 1. The molecule has 2 amide bonds. The number of halogens is 2. The van der Waals surface area contributed by atoms with Crippen molar-refractivity contribution >= 4 is 84.9 Å². The molecule has 1 aliphatic rings. The van der Waals surface area contributed by atoms with Crippen molar-refractivity contribution in [1.82, 2.24) is 4.90 Å². The number of fused-ring (bicyclic) bond motifs is 1. The standard InChI is InChI=1S/C25H21I2NO4S/c1-31-10-4-9-28-24(29)22(33-25(28)30)14-17-12-20(26)23(21(27)13-17)32-15-16-7-8-18-5-2-3-6-19(18)11-16/h2-3,5-8,11-14H,4,9-10,15H2,1H3/b22-14+. The normalized spacial score (nSPS) is 15.1. The minimum atomic E-state index is -0.247. The lowest BCUT2D eigenvalue weighted by Crippen LogP contribution is -2.29. The molecule has 170 valence electrons. The Morgan fingerprint density at radius 1 is 1.00 bits per heavy atom. The van der Waals surface area contributed by atoms with Crippen molar-refractivity contribution in [3.05, 3.63) is 77.8 Å². The fourth-order valence-electron chi connectivity index (χ4n) is 3.50. The topological polar surface area (TPSA) is 55.8 Å². The van der Waals surface area contributed by atoms with Crippen LogP contribution in [0.4, 0.5) is 4.79 Å². The van der Waals surface area contributed by atoms with Gasteiger partial charge in [-0.1, -0.05) is 36.4 Å². The van der Waals surface area contributed by atoms with E-state index in [1.54, 1.807) is 13.2 Å². The third-order valence-corrected chi connectivity index (χ3v) is 7.63. The molecule has 1 aliphatic heterocycles. The highest BCUT2D eigenvalue weighted by molar-refractivity contribution is 14.1. The second-order valence-electron chi connectivity index (χ2n) is 7.46. The minimum absolute atomic E-state index is 0.234. The number of benzene rings is 3. The highest BCUT2D eigenvalue weighted by Crippen LogP contribution is 2.35. The molecule has 1 fully saturated rings. The van der Waals surface area contributed by atoms with Crippen molar-refractivity contribution < 1.29 is 19.1 Å². The Morgan fingerprint density at radius 2 is 1.73 bits per heavy atom. The van der Waals surface area contributed by atoms with Gasteiger partial charge in [0, 0.05) is 20.3 Å². The number of amides is 2. The van der Waals surface area contributed by atoms with E-state index in [2.05, 4.69) is 75.5 Å². The number of imide groups is 1. The van der Waals surface area contributed by atoms with Gasteiger partial charge in [0.25, 0.3) is 11.1 Å². The van der Waals surface area contributed by atoms with Gasteiger partial charge in [-0.25, -0.2) is 0 Å². The number of hydrogen-bond donors (Lipinski definition) is 0. The van der Waals surface area contributed by atoms with Crippen LogP contribution in [-0.4, -0.2) is 36.3 Å². The average Bonchev–Trinajstić information content (AvgIpc) is 3.06. The molecule has 33 heavy (non-hydrogen) atoms. The number of carbonyl (C=O) groups is 2. The summed E-state index contributed by atoms with van der Waals surface area (Å²) in [7, 11) is 1.60. The number of rotatable bonds is 8. The third kappa shape index (κ3) is 5.90. The Balaban J connectivity index is 1.47. The Hall–Kier alpha value is -1.63. The van der Waals surface area contributed by atoms with Gasteiger partial charge in [-0.3, -0.25) is 14.5 Å². The molecule has 0 spiro atoms. The van der Waals surface area contributed by atoms with Crippen molar-refractivity contribution in [2.45, 2.75) is 13.0 Å². The highest BCUT2D eigenvalue weighted by Gasteiger charge is 2.34. The lowest BCUT2D eigenvalue weighted by Gasteiger charge is -2.12. The Bertz CT molecular complexity index is 1220. The van der Waals surface area contributed by atoms with E-state index in [9.17, 15) is 9.59 Å². The van der Waals surface area contributed by atoms with E-state index in [1.807, 2.05) is 24.3 Å². The maximum Gasteiger partial charge on any atom is 0.293 e. The quantitative estimate of drug-likeness (QED) is 0.150. The van der Waals surface area contributed by atoms with Crippen molar-refractivity contribution in [2.75, 3.05) is 20.3 Å². The van der Waals surface area contributed by atoms with Crippen molar-refractivity contribution in [2.24, 2.45) is 0 Å². The smallest absolute Gasteiger partial charge is 0.293 e. The average molecular weight is 685 g/mol. The first-order chi connectivity index (χ1) is 16.0. The van der Waals surface area contributed by atoms with Gasteiger partial charge < -0.3 is 9.47 Å². The van der Waals surface area contributed by atoms with Gasteiger partial charge in [-0.15, -0.1) is 0 Å². The monoisotopic (exact) mass is 685 g/mol. The molecule has 0 atom stereocenters. The summed E-state index contributed by atoms with van der Waals surface area (Å²) < 4.78 is 13.1. The Kier molecular flexibility index (Phi) is 8.31. The van der Waals surface area contributed by atoms with Crippen LogP contribution in [0, 0.1) is 7.14 Å². The summed E-state index contributed by atoms with van der Waals surface area (Å²) in [6.07, 6.45) is 2.40. The number of thioether (sulfide) groups is 1. The van der Waals surface area contributed by atoms with Crippen molar-refractivity contribution in [1.29, 1.82) is 0 Å². The molecule has 0 N–H and O–H groups in total.